The van der Waals surface area contributed by atoms with Gasteiger partial charge in [0.25, 0.3) is 0 Å². The van der Waals surface area contributed by atoms with Gasteiger partial charge in [0.2, 0.25) is 0 Å². The van der Waals surface area contributed by atoms with E-state index in [-0.39, 0.29) is 5.92 Å². The molecule has 1 fully saturated rings. The smallest absolute Gasteiger partial charge is 0.419 e. The average Bonchev–Trinajstić information content (AvgIpc) is 2.54. The number of benzene rings is 1. The molecule has 0 N–H and O–H groups in total. The van der Waals surface area contributed by atoms with Gasteiger partial charge in [-0.1, -0.05) is 25.8 Å². The van der Waals surface area contributed by atoms with E-state index in [0.29, 0.717) is 24.1 Å². The first-order chi connectivity index (χ1) is 11.8. The maximum absolute atomic E-state index is 13.9. The molecule has 1 aromatic carbocycles. The molecular formula is C19H21F4NO. The fourth-order valence-corrected chi connectivity index (χ4v) is 3.23. The van der Waals surface area contributed by atoms with Gasteiger partial charge in [0.15, 0.2) is 0 Å². The molecule has 0 radical (unpaired) electrons. The van der Waals surface area contributed by atoms with Crippen LogP contribution in [0.3, 0.4) is 0 Å². The molecule has 0 unspecified atom stereocenters. The predicted octanol–water partition coefficient (Wildman–Crippen LogP) is 5.97. The van der Waals surface area contributed by atoms with Crippen LogP contribution in [0.2, 0.25) is 0 Å². The lowest BCUT2D eigenvalue weighted by atomic mass is 9.80. The molecule has 2 rings (SSSR count). The molecule has 136 valence electrons. The SMILES string of the molecule is CCCC1CCC(/C=C/C(F)(F)Oc2cc(F)c(C#N)c(F)c2)CC1. The van der Waals surface area contributed by atoms with E-state index in [1.165, 1.54) is 18.6 Å². The van der Waals surface area contributed by atoms with E-state index in [4.69, 9.17) is 5.26 Å². The van der Waals surface area contributed by atoms with Gasteiger partial charge in [-0.15, -0.1) is 0 Å². The number of nitrogens with zero attached hydrogens (tertiary/aromatic N) is 1. The first-order valence-electron chi connectivity index (χ1n) is 8.50. The highest BCUT2D eigenvalue weighted by atomic mass is 19.3. The summed E-state index contributed by atoms with van der Waals surface area (Å²) in [6.45, 7) is 2.14. The van der Waals surface area contributed by atoms with Crippen LogP contribution >= 0.6 is 0 Å². The Labute approximate surface area is 145 Å². The summed E-state index contributed by atoms with van der Waals surface area (Å²) in [6, 6.07) is 2.49. The van der Waals surface area contributed by atoms with Gasteiger partial charge in [-0.05, 0) is 37.5 Å². The molecule has 25 heavy (non-hydrogen) atoms. The van der Waals surface area contributed by atoms with Crippen molar-refractivity contribution in [3.63, 3.8) is 0 Å². The van der Waals surface area contributed by atoms with Crippen molar-refractivity contribution in [2.24, 2.45) is 11.8 Å². The highest BCUT2D eigenvalue weighted by molar-refractivity contribution is 5.38. The summed E-state index contributed by atoms with van der Waals surface area (Å²) < 4.78 is 59.1. The highest BCUT2D eigenvalue weighted by Crippen LogP contribution is 2.33. The van der Waals surface area contributed by atoms with E-state index in [1.54, 1.807) is 0 Å². The van der Waals surface area contributed by atoms with Gasteiger partial charge in [-0.3, -0.25) is 0 Å². The molecule has 1 aromatic rings. The summed E-state index contributed by atoms with van der Waals surface area (Å²) in [5.41, 5.74) is -0.824. The van der Waals surface area contributed by atoms with Crippen LogP contribution in [-0.2, 0) is 0 Å². The van der Waals surface area contributed by atoms with E-state index in [2.05, 4.69) is 11.7 Å². The lowest BCUT2D eigenvalue weighted by Crippen LogP contribution is -2.22. The maximum atomic E-state index is 13.9. The number of nitriles is 1. The number of halogens is 4. The van der Waals surface area contributed by atoms with Crippen LogP contribution in [0.5, 0.6) is 5.75 Å². The van der Waals surface area contributed by atoms with Gasteiger partial charge in [-0.2, -0.15) is 14.0 Å². The van der Waals surface area contributed by atoms with Crippen molar-refractivity contribution < 1.29 is 22.3 Å². The Morgan fingerprint density at radius 1 is 1.20 bits per heavy atom. The van der Waals surface area contributed by atoms with E-state index in [0.717, 1.165) is 32.1 Å². The molecule has 0 heterocycles. The van der Waals surface area contributed by atoms with Crippen LogP contribution in [0.25, 0.3) is 0 Å². The lowest BCUT2D eigenvalue weighted by Gasteiger charge is -2.26. The topological polar surface area (TPSA) is 33.0 Å². The summed E-state index contributed by atoms with van der Waals surface area (Å²) in [5, 5.41) is 8.57. The molecule has 0 saturated heterocycles. The Kier molecular flexibility index (Phi) is 6.46. The number of ether oxygens (including phenoxy) is 1. The lowest BCUT2D eigenvalue weighted by molar-refractivity contribution is -0.132. The van der Waals surface area contributed by atoms with Crippen LogP contribution in [-0.4, -0.2) is 6.11 Å². The zero-order valence-electron chi connectivity index (χ0n) is 14.1. The van der Waals surface area contributed by atoms with Crippen molar-refractivity contribution in [1.82, 2.24) is 0 Å². The van der Waals surface area contributed by atoms with Gasteiger partial charge >= 0.3 is 6.11 Å². The largest absolute Gasteiger partial charge is 0.429 e. The normalized spacial score (nSPS) is 21.3. The molecule has 0 bridgehead atoms. The number of hydrogen-bond acceptors (Lipinski definition) is 2. The molecule has 0 amide bonds. The molecule has 0 spiro atoms. The van der Waals surface area contributed by atoms with Crippen LogP contribution in [0.1, 0.15) is 51.0 Å². The van der Waals surface area contributed by atoms with Gasteiger partial charge in [-0.25, -0.2) is 8.78 Å². The van der Waals surface area contributed by atoms with Crippen molar-refractivity contribution in [1.29, 1.82) is 5.26 Å². The molecule has 0 aromatic heterocycles. The average molecular weight is 355 g/mol. The Hall–Kier alpha value is -2.03. The first kappa shape index (κ1) is 19.3. The minimum absolute atomic E-state index is 0.0667. The highest BCUT2D eigenvalue weighted by Gasteiger charge is 2.30. The predicted molar refractivity (Wildman–Crippen MR) is 86.1 cm³/mol. The summed E-state index contributed by atoms with van der Waals surface area (Å²) in [4.78, 5) is 0. The van der Waals surface area contributed by atoms with E-state index in [9.17, 15) is 17.6 Å². The monoisotopic (exact) mass is 355 g/mol. The quantitative estimate of drug-likeness (QED) is 0.465. The standard InChI is InChI=1S/C19H21F4NO/c1-2-3-13-4-6-14(7-5-13)8-9-19(22,23)25-15-10-17(20)16(12-24)18(21)11-15/h8-11,13-14H,2-7H2,1H3/b9-8+. The fraction of sp³-hybridized carbons (Fsp3) is 0.526. The minimum Gasteiger partial charge on any atom is -0.429 e. The second-order valence-corrected chi connectivity index (χ2v) is 6.47. The van der Waals surface area contributed by atoms with Crippen molar-refractivity contribution in [2.75, 3.05) is 0 Å². The maximum Gasteiger partial charge on any atom is 0.419 e. The second-order valence-electron chi connectivity index (χ2n) is 6.47. The van der Waals surface area contributed by atoms with E-state index in [1.807, 2.05) is 0 Å². The molecule has 1 aliphatic rings. The van der Waals surface area contributed by atoms with Gasteiger partial charge < -0.3 is 4.74 Å². The van der Waals surface area contributed by atoms with Gasteiger partial charge in [0.05, 0.1) is 0 Å². The molecule has 0 aliphatic heterocycles. The summed E-state index contributed by atoms with van der Waals surface area (Å²) in [7, 11) is 0. The zero-order chi connectivity index (χ0) is 18.4. The van der Waals surface area contributed by atoms with Gasteiger partial charge in [0, 0.05) is 18.2 Å². The fourth-order valence-electron chi connectivity index (χ4n) is 3.23. The van der Waals surface area contributed by atoms with E-state index < -0.39 is 29.1 Å². The minimum atomic E-state index is -3.67. The van der Waals surface area contributed by atoms with Crippen molar-refractivity contribution in [2.45, 2.75) is 51.6 Å². The summed E-state index contributed by atoms with van der Waals surface area (Å²) in [6.07, 6.45) is 4.48. The van der Waals surface area contributed by atoms with E-state index >= 15 is 0 Å². The summed E-state index contributed by atoms with van der Waals surface area (Å²) >= 11 is 0. The third-order valence-corrected chi connectivity index (χ3v) is 4.53. The number of hydrogen-bond donors (Lipinski definition) is 0. The first-order valence-corrected chi connectivity index (χ1v) is 8.50. The third-order valence-electron chi connectivity index (χ3n) is 4.53. The van der Waals surface area contributed by atoms with Crippen molar-refractivity contribution in [3.8, 4) is 11.8 Å². The Balaban J connectivity index is 1.97. The number of rotatable bonds is 6. The van der Waals surface area contributed by atoms with Crippen LogP contribution in [0.15, 0.2) is 24.3 Å². The molecule has 0 atom stereocenters. The third kappa shape index (κ3) is 5.48. The number of allylic oxidation sites excluding steroid dienone is 1. The molecular weight excluding hydrogens is 334 g/mol. The Morgan fingerprint density at radius 3 is 2.32 bits per heavy atom. The summed E-state index contributed by atoms with van der Waals surface area (Å²) in [5.74, 6) is -2.37. The molecule has 1 aliphatic carbocycles. The van der Waals surface area contributed by atoms with Crippen LogP contribution in [0, 0.1) is 34.8 Å². The van der Waals surface area contributed by atoms with Crippen LogP contribution < -0.4 is 4.74 Å². The Morgan fingerprint density at radius 2 is 1.80 bits per heavy atom. The molecule has 6 heteroatoms. The van der Waals surface area contributed by atoms with Crippen molar-refractivity contribution >= 4 is 0 Å². The van der Waals surface area contributed by atoms with Crippen molar-refractivity contribution in [3.05, 3.63) is 41.5 Å². The number of alkyl halides is 2. The zero-order valence-corrected chi connectivity index (χ0v) is 14.1. The molecule has 1 saturated carbocycles. The molecule has 2 nitrogen and oxygen atoms in total. The van der Waals surface area contributed by atoms with Gasteiger partial charge in [0.1, 0.15) is 29.0 Å². The Bertz CT molecular complexity index is 635. The second kappa shape index (κ2) is 8.37. The van der Waals surface area contributed by atoms with Crippen LogP contribution in [0.4, 0.5) is 17.6 Å².